The van der Waals surface area contributed by atoms with E-state index in [9.17, 15) is 0 Å². The van der Waals surface area contributed by atoms with Crippen LogP contribution in [0, 0.1) is 6.92 Å². The van der Waals surface area contributed by atoms with Gasteiger partial charge in [-0.2, -0.15) is 4.98 Å². The van der Waals surface area contributed by atoms with Crippen LogP contribution in [0.4, 0.5) is 0 Å². The van der Waals surface area contributed by atoms with Crippen molar-refractivity contribution < 1.29 is 4.52 Å². The molecule has 0 fully saturated rings. The predicted molar refractivity (Wildman–Crippen MR) is 61.3 cm³/mol. The molecule has 0 atom stereocenters. The van der Waals surface area contributed by atoms with Gasteiger partial charge < -0.3 is 10.3 Å². The molecule has 2 aromatic heterocycles. The number of nitrogens with two attached hydrogens (primary N) is 1. The van der Waals surface area contributed by atoms with Crippen LogP contribution in [-0.2, 0) is 13.0 Å². The molecule has 0 spiro atoms. The van der Waals surface area contributed by atoms with Gasteiger partial charge in [0.1, 0.15) is 0 Å². The van der Waals surface area contributed by atoms with Crippen LogP contribution in [0.5, 0.6) is 0 Å². The number of aromatic nitrogens is 2. The number of rotatable bonds is 3. The quantitative estimate of drug-likeness (QED) is 0.897. The van der Waals surface area contributed by atoms with E-state index in [4.69, 9.17) is 10.3 Å². The van der Waals surface area contributed by atoms with Gasteiger partial charge >= 0.3 is 0 Å². The molecule has 82 valence electrons. The SMILES string of the molecule is Cc1ccc(Cc2nc(CN)no2)s1.Cl. The van der Waals surface area contributed by atoms with Crippen LogP contribution in [0.25, 0.3) is 0 Å². The molecule has 6 heteroatoms. The van der Waals surface area contributed by atoms with Gasteiger partial charge in [-0.25, -0.2) is 0 Å². The zero-order chi connectivity index (χ0) is 9.97. The first kappa shape index (κ1) is 12.2. The summed E-state index contributed by atoms with van der Waals surface area (Å²) in [6.45, 7) is 2.40. The Morgan fingerprint density at radius 2 is 2.27 bits per heavy atom. The standard InChI is InChI=1S/C9H11N3OS.ClH/c1-6-2-3-7(14-6)4-9-11-8(5-10)12-13-9;/h2-3H,4-5,10H2,1H3;1H. The number of aryl methyl sites for hydroxylation is 1. The van der Waals surface area contributed by atoms with Crippen molar-refractivity contribution in [1.29, 1.82) is 0 Å². The monoisotopic (exact) mass is 245 g/mol. The topological polar surface area (TPSA) is 64.9 Å². The highest BCUT2D eigenvalue weighted by molar-refractivity contribution is 7.11. The third-order valence-electron chi connectivity index (χ3n) is 1.81. The van der Waals surface area contributed by atoms with Gasteiger partial charge in [0, 0.05) is 9.75 Å². The second-order valence-electron chi connectivity index (χ2n) is 3.00. The number of nitrogens with zero attached hydrogens (tertiary/aromatic N) is 2. The first-order valence-electron chi connectivity index (χ1n) is 4.35. The third kappa shape index (κ3) is 3.02. The third-order valence-corrected chi connectivity index (χ3v) is 2.81. The first-order valence-corrected chi connectivity index (χ1v) is 5.16. The van der Waals surface area contributed by atoms with E-state index in [0.29, 0.717) is 24.7 Å². The Balaban J connectivity index is 0.00000112. The number of hydrogen-bond acceptors (Lipinski definition) is 5. The fourth-order valence-electron chi connectivity index (χ4n) is 1.17. The Morgan fingerprint density at radius 1 is 1.47 bits per heavy atom. The Kier molecular flexibility index (Phi) is 4.26. The summed E-state index contributed by atoms with van der Waals surface area (Å²) in [6.07, 6.45) is 0.700. The first-order chi connectivity index (χ1) is 6.78. The lowest BCUT2D eigenvalue weighted by molar-refractivity contribution is 0.380. The van der Waals surface area contributed by atoms with Crippen LogP contribution < -0.4 is 5.73 Å². The molecule has 0 saturated carbocycles. The van der Waals surface area contributed by atoms with Crippen molar-refractivity contribution in [1.82, 2.24) is 10.1 Å². The average Bonchev–Trinajstić information content (AvgIpc) is 2.76. The molecule has 15 heavy (non-hydrogen) atoms. The largest absolute Gasteiger partial charge is 0.339 e. The molecule has 2 heterocycles. The van der Waals surface area contributed by atoms with Crippen LogP contribution in [0.15, 0.2) is 16.7 Å². The lowest BCUT2D eigenvalue weighted by atomic mass is 10.3. The smallest absolute Gasteiger partial charge is 0.231 e. The Hall–Kier alpha value is -0.910. The molecule has 2 aromatic rings. The van der Waals surface area contributed by atoms with Gasteiger partial charge in [0.15, 0.2) is 5.82 Å². The van der Waals surface area contributed by atoms with Gasteiger partial charge in [0.25, 0.3) is 0 Å². The normalized spacial score (nSPS) is 10.0. The Morgan fingerprint density at radius 3 is 2.80 bits per heavy atom. The maximum absolute atomic E-state index is 5.38. The fraction of sp³-hybridized carbons (Fsp3) is 0.333. The van der Waals surface area contributed by atoms with Crippen LogP contribution in [0.2, 0.25) is 0 Å². The molecule has 0 aliphatic rings. The minimum absolute atomic E-state index is 0. The fourth-order valence-corrected chi connectivity index (χ4v) is 2.06. The molecular weight excluding hydrogens is 234 g/mol. The summed E-state index contributed by atoms with van der Waals surface area (Å²) in [5.41, 5.74) is 5.38. The van der Waals surface area contributed by atoms with Crippen molar-refractivity contribution >= 4 is 23.7 Å². The maximum Gasteiger partial charge on any atom is 0.231 e. The molecule has 0 amide bonds. The zero-order valence-corrected chi connectivity index (χ0v) is 9.90. The molecule has 0 aliphatic carbocycles. The summed E-state index contributed by atoms with van der Waals surface area (Å²) in [7, 11) is 0. The maximum atomic E-state index is 5.38. The summed E-state index contributed by atoms with van der Waals surface area (Å²) in [6, 6.07) is 4.16. The Bertz CT molecular complexity index is 426. The molecule has 2 rings (SSSR count). The van der Waals surface area contributed by atoms with Gasteiger partial charge in [-0.05, 0) is 19.1 Å². The van der Waals surface area contributed by atoms with Gasteiger partial charge in [0.2, 0.25) is 5.89 Å². The van der Waals surface area contributed by atoms with Crippen molar-refractivity contribution in [2.75, 3.05) is 0 Å². The van der Waals surface area contributed by atoms with Crippen molar-refractivity contribution in [3.8, 4) is 0 Å². The van der Waals surface area contributed by atoms with Crippen LogP contribution >= 0.6 is 23.7 Å². The molecule has 0 aliphatic heterocycles. The second-order valence-corrected chi connectivity index (χ2v) is 4.37. The minimum atomic E-state index is 0. The molecule has 0 unspecified atom stereocenters. The molecule has 0 saturated heterocycles. The molecular formula is C9H12ClN3OS. The van der Waals surface area contributed by atoms with E-state index < -0.39 is 0 Å². The zero-order valence-electron chi connectivity index (χ0n) is 8.27. The summed E-state index contributed by atoms with van der Waals surface area (Å²) >= 11 is 1.74. The molecule has 4 nitrogen and oxygen atoms in total. The van der Waals surface area contributed by atoms with Gasteiger partial charge in [0.05, 0.1) is 13.0 Å². The highest BCUT2D eigenvalue weighted by Crippen LogP contribution is 2.17. The number of hydrogen-bond donors (Lipinski definition) is 1. The van der Waals surface area contributed by atoms with Crippen molar-refractivity contribution in [2.24, 2.45) is 5.73 Å². The van der Waals surface area contributed by atoms with E-state index in [1.165, 1.54) is 9.75 Å². The summed E-state index contributed by atoms with van der Waals surface area (Å²) in [5.74, 6) is 1.19. The van der Waals surface area contributed by atoms with Crippen LogP contribution in [0.3, 0.4) is 0 Å². The summed E-state index contributed by atoms with van der Waals surface area (Å²) in [4.78, 5) is 6.66. The molecule has 0 radical (unpaired) electrons. The Labute approximate surface area is 97.9 Å². The number of halogens is 1. The highest BCUT2D eigenvalue weighted by atomic mass is 35.5. The summed E-state index contributed by atoms with van der Waals surface area (Å²) < 4.78 is 5.03. The lowest BCUT2D eigenvalue weighted by Crippen LogP contribution is -1.98. The van der Waals surface area contributed by atoms with Crippen molar-refractivity contribution in [3.05, 3.63) is 33.6 Å². The molecule has 2 N–H and O–H groups in total. The van der Waals surface area contributed by atoms with E-state index in [0.717, 1.165) is 0 Å². The van der Waals surface area contributed by atoms with Gasteiger partial charge in [-0.15, -0.1) is 23.7 Å². The van der Waals surface area contributed by atoms with Crippen LogP contribution in [0.1, 0.15) is 21.5 Å². The van der Waals surface area contributed by atoms with E-state index in [-0.39, 0.29) is 12.4 Å². The van der Waals surface area contributed by atoms with Crippen LogP contribution in [-0.4, -0.2) is 10.1 Å². The predicted octanol–water partition coefficient (Wildman–Crippen LogP) is 1.91. The van der Waals surface area contributed by atoms with E-state index in [1.54, 1.807) is 11.3 Å². The molecule has 0 bridgehead atoms. The number of thiophene rings is 1. The minimum Gasteiger partial charge on any atom is -0.339 e. The molecule has 0 aromatic carbocycles. The van der Waals surface area contributed by atoms with Gasteiger partial charge in [-0.3, -0.25) is 0 Å². The van der Waals surface area contributed by atoms with E-state index in [1.807, 2.05) is 0 Å². The van der Waals surface area contributed by atoms with Crippen molar-refractivity contribution in [2.45, 2.75) is 19.9 Å². The lowest BCUT2D eigenvalue weighted by Gasteiger charge is -1.87. The second kappa shape index (κ2) is 5.25. The highest BCUT2D eigenvalue weighted by Gasteiger charge is 2.06. The van der Waals surface area contributed by atoms with Crippen molar-refractivity contribution in [3.63, 3.8) is 0 Å². The van der Waals surface area contributed by atoms with Gasteiger partial charge in [-0.1, -0.05) is 5.16 Å². The van der Waals surface area contributed by atoms with E-state index >= 15 is 0 Å². The average molecular weight is 246 g/mol. The summed E-state index contributed by atoms with van der Waals surface area (Å²) in [5, 5.41) is 3.73. The van der Waals surface area contributed by atoms with E-state index in [2.05, 4.69) is 29.2 Å².